The van der Waals surface area contributed by atoms with Crippen molar-refractivity contribution in [3.05, 3.63) is 29.3 Å². The molecule has 27 heavy (non-hydrogen) atoms. The van der Waals surface area contributed by atoms with E-state index in [1.165, 1.54) is 16.8 Å². The largest absolute Gasteiger partial charge is 0.378 e. The Morgan fingerprint density at radius 1 is 1.15 bits per heavy atom. The third kappa shape index (κ3) is 5.15. The Kier molecular flexibility index (Phi) is 7.11. The van der Waals surface area contributed by atoms with E-state index in [0.29, 0.717) is 13.1 Å². The summed E-state index contributed by atoms with van der Waals surface area (Å²) in [6.45, 7) is 3.46. The Morgan fingerprint density at radius 2 is 1.81 bits per heavy atom. The van der Waals surface area contributed by atoms with Crippen molar-refractivity contribution in [3.8, 4) is 0 Å². The van der Waals surface area contributed by atoms with Gasteiger partial charge in [0, 0.05) is 54.0 Å². The first kappa shape index (κ1) is 21.1. The molecule has 1 saturated carbocycles. The van der Waals surface area contributed by atoms with Crippen LogP contribution in [-0.2, 0) is 11.3 Å². The van der Waals surface area contributed by atoms with Crippen LogP contribution in [0.4, 0.5) is 5.69 Å². The van der Waals surface area contributed by atoms with E-state index in [1.54, 1.807) is 11.9 Å². The van der Waals surface area contributed by atoms with Crippen molar-refractivity contribution in [1.29, 1.82) is 0 Å². The normalized spacial score (nSPS) is 16.1. The highest BCUT2D eigenvalue weighted by molar-refractivity contribution is 5.85. The fourth-order valence-corrected chi connectivity index (χ4v) is 3.80. The van der Waals surface area contributed by atoms with Crippen LogP contribution in [-0.4, -0.2) is 58.5 Å². The number of nitrogens with one attached hydrogen (secondary N) is 2. The lowest BCUT2D eigenvalue weighted by Crippen LogP contribution is -2.49. The molecule has 6 nitrogen and oxygen atoms in total. The third-order valence-electron chi connectivity index (χ3n) is 5.53. The minimum absolute atomic E-state index is 0.220. The van der Waals surface area contributed by atoms with Gasteiger partial charge < -0.3 is 20.4 Å². The van der Waals surface area contributed by atoms with Gasteiger partial charge in [0.2, 0.25) is 5.91 Å². The van der Waals surface area contributed by atoms with E-state index in [-0.39, 0.29) is 11.3 Å². The van der Waals surface area contributed by atoms with Crippen LogP contribution in [0, 0.1) is 12.3 Å². The van der Waals surface area contributed by atoms with Gasteiger partial charge in [0.25, 0.3) is 0 Å². The van der Waals surface area contributed by atoms with Crippen LogP contribution in [0.3, 0.4) is 0 Å². The minimum atomic E-state index is -0.301. The fourth-order valence-electron chi connectivity index (χ4n) is 3.80. The second-order valence-corrected chi connectivity index (χ2v) is 7.97. The molecule has 0 heterocycles. The highest BCUT2D eigenvalue weighted by Gasteiger charge is 2.42. The number of hydrogen-bond acceptors (Lipinski definition) is 3. The molecule has 2 N–H and O–H groups in total. The van der Waals surface area contributed by atoms with E-state index in [0.717, 1.165) is 31.6 Å². The number of anilines is 1. The van der Waals surface area contributed by atoms with E-state index in [1.807, 2.05) is 28.2 Å². The average molecular weight is 374 g/mol. The second kappa shape index (κ2) is 9.11. The lowest BCUT2D eigenvalue weighted by atomic mass is 9.84. The zero-order valence-electron chi connectivity index (χ0n) is 17.7. The molecule has 0 unspecified atom stereocenters. The summed E-state index contributed by atoms with van der Waals surface area (Å²) < 4.78 is 0. The van der Waals surface area contributed by atoms with Gasteiger partial charge in [0.15, 0.2) is 5.96 Å². The highest BCUT2D eigenvalue weighted by Crippen LogP contribution is 2.38. The van der Waals surface area contributed by atoms with Crippen LogP contribution in [0.5, 0.6) is 0 Å². The highest BCUT2D eigenvalue weighted by atomic mass is 16.2. The zero-order chi connectivity index (χ0) is 20.0. The summed E-state index contributed by atoms with van der Waals surface area (Å²) in [5.41, 5.74) is 3.39. The quantitative estimate of drug-likeness (QED) is 0.594. The molecule has 0 aromatic heterocycles. The summed E-state index contributed by atoms with van der Waals surface area (Å²) in [5, 5.41) is 6.78. The first-order chi connectivity index (χ1) is 12.8. The van der Waals surface area contributed by atoms with Gasteiger partial charge in [-0.15, -0.1) is 0 Å². The lowest BCUT2D eigenvalue weighted by molar-refractivity contribution is -0.138. The predicted molar refractivity (Wildman–Crippen MR) is 113 cm³/mol. The van der Waals surface area contributed by atoms with Crippen molar-refractivity contribution in [2.24, 2.45) is 10.4 Å². The summed E-state index contributed by atoms with van der Waals surface area (Å²) in [7, 11) is 9.55. The number of rotatable bonds is 6. The molecular weight excluding hydrogens is 338 g/mol. The number of nitrogens with zero attached hydrogens (tertiary/aromatic N) is 3. The van der Waals surface area contributed by atoms with Crippen molar-refractivity contribution < 1.29 is 4.79 Å². The molecule has 0 spiro atoms. The van der Waals surface area contributed by atoms with Gasteiger partial charge in [-0.05, 0) is 43.0 Å². The van der Waals surface area contributed by atoms with Crippen molar-refractivity contribution in [1.82, 2.24) is 15.5 Å². The van der Waals surface area contributed by atoms with Crippen LogP contribution >= 0.6 is 0 Å². The summed E-state index contributed by atoms with van der Waals surface area (Å²) in [5.74, 6) is 0.960. The number of carbonyl (C=O) groups excluding carboxylic acids is 1. The monoisotopic (exact) mass is 373 g/mol. The second-order valence-electron chi connectivity index (χ2n) is 7.97. The Hall–Kier alpha value is -2.24. The maximum Gasteiger partial charge on any atom is 0.230 e. The molecule has 0 atom stereocenters. The number of benzene rings is 1. The van der Waals surface area contributed by atoms with Crippen molar-refractivity contribution >= 4 is 17.6 Å². The summed E-state index contributed by atoms with van der Waals surface area (Å²) in [4.78, 5) is 20.9. The molecule has 6 heteroatoms. The standard InChI is InChI=1S/C21H35N5O/c1-16-13-18(25(3)4)10-9-17(16)14-23-20(22-2)24-15-21(11-7-8-12-21)19(27)26(5)6/h9-10,13H,7-8,11-12,14-15H2,1-6H3,(H2,22,23,24). The molecule has 0 saturated heterocycles. The van der Waals surface area contributed by atoms with Crippen LogP contribution in [0.2, 0.25) is 0 Å². The molecule has 1 aliphatic carbocycles. The van der Waals surface area contributed by atoms with Gasteiger partial charge in [-0.2, -0.15) is 0 Å². The molecule has 1 aliphatic rings. The lowest BCUT2D eigenvalue weighted by Gasteiger charge is -2.31. The van der Waals surface area contributed by atoms with Gasteiger partial charge in [-0.3, -0.25) is 9.79 Å². The first-order valence-electron chi connectivity index (χ1n) is 9.72. The maximum absolute atomic E-state index is 12.7. The molecule has 2 rings (SSSR count). The SMILES string of the molecule is CN=C(NCc1ccc(N(C)C)cc1C)NCC1(C(=O)N(C)C)CCCC1. The number of aryl methyl sites for hydroxylation is 1. The summed E-state index contributed by atoms with van der Waals surface area (Å²) >= 11 is 0. The van der Waals surface area contributed by atoms with E-state index in [2.05, 4.69) is 45.6 Å². The number of carbonyl (C=O) groups is 1. The van der Waals surface area contributed by atoms with E-state index in [4.69, 9.17) is 0 Å². The Bertz CT molecular complexity index is 675. The van der Waals surface area contributed by atoms with Crippen molar-refractivity contribution in [2.75, 3.05) is 46.7 Å². The summed E-state index contributed by atoms with van der Waals surface area (Å²) in [6.07, 6.45) is 4.12. The smallest absolute Gasteiger partial charge is 0.230 e. The van der Waals surface area contributed by atoms with Crippen LogP contribution in [0.15, 0.2) is 23.2 Å². The Balaban J connectivity index is 1.97. The molecule has 0 aliphatic heterocycles. The van der Waals surface area contributed by atoms with Gasteiger partial charge in [0.1, 0.15) is 0 Å². The minimum Gasteiger partial charge on any atom is -0.378 e. The van der Waals surface area contributed by atoms with Crippen LogP contribution < -0.4 is 15.5 Å². The molecule has 1 amide bonds. The van der Waals surface area contributed by atoms with Gasteiger partial charge >= 0.3 is 0 Å². The molecule has 1 fully saturated rings. The molecule has 0 bridgehead atoms. The molecule has 1 aromatic rings. The van der Waals surface area contributed by atoms with Crippen molar-refractivity contribution in [2.45, 2.75) is 39.2 Å². The Morgan fingerprint density at radius 3 is 2.33 bits per heavy atom. The zero-order valence-corrected chi connectivity index (χ0v) is 17.7. The molecular formula is C21H35N5O. The summed E-state index contributed by atoms with van der Waals surface area (Å²) in [6, 6.07) is 6.47. The fraction of sp³-hybridized carbons (Fsp3) is 0.619. The molecule has 150 valence electrons. The third-order valence-corrected chi connectivity index (χ3v) is 5.53. The van der Waals surface area contributed by atoms with E-state index in [9.17, 15) is 4.79 Å². The average Bonchev–Trinajstić information content (AvgIpc) is 3.12. The van der Waals surface area contributed by atoms with Gasteiger partial charge in [-0.25, -0.2) is 0 Å². The van der Waals surface area contributed by atoms with Crippen molar-refractivity contribution in [3.63, 3.8) is 0 Å². The number of guanidine groups is 1. The van der Waals surface area contributed by atoms with Crippen LogP contribution in [0.25, 0.3) is 0 Å². The number of hydrogen-bond donors (Lipinski definition) is 2. The Labute approximate surface area is 164 Å². The topological polar surface area (TPSA) is 60.0 Å². The molecule has 0 radical (unpaired) electrons. The number of amides is 1. The predicted octanol–water partition coefficient (Wildman–Crippen LogP) is 2.37. The molecule has 1 aromatic carbocycles. The maximum atomic E-state index is 12.7. The first-order valence-corrected chi connectivity index (χ1v) is 9.72. The van der Waals surface area contributed by atoms with Gasteiger partial charge in [0.05, 0.1) is 5.41 Å². The van der Waals surface area contributed by atoms with Gasteiger partial charge in [-0.1, -0.05) is 18.9 Å². The van der Waals surface area contributed by atoms with E-state index >= 15 is 0 Å². The van der Waals surface area contributed by atoms with E-state index < -0.39 is 0 Å². The number of aliphatic imine (C=N–C) groups is 1. The van der Waals surface area contributed by atoms with Crippen LogP contribution in [0.1, 0.15) is 36.8 Å².